The van der Waals surface area contributed by atoms with Gasteiger partial charge in [0.25, 0.3) is 0 Å². The molecule has 3 nitrogen and oxygen atoms in total. The van der Waals surface area contributed by atoms with Crippen LogP contribution in [0, 0.1) is 0 Å². The third-order valence-corrected chi connectivity index (χ3v) is 5.01. The summed E-state index contributed by atoms with van der Waals surface area (Å²) in [5, 5.41) is 23.6. The minimum Gasteiger partial charge on any atom is -0.423 e. The van der Waals surface area contributed by atoms with E-state index in [-0.39, 0.29) is 0 Å². The van der Waals surface area contributed by atoms with Crippen LogP contribution in [-0.4, -0.2) is 21.7 Å². The Morgan fingerprint density at radius 3 is 2.08 bits per heavy atom. The van der Waals surface area contributed by atoms with Gasteiger partial charge in [-0.25, -0.2) is 0 Å². The second-order valence-electron chi connectivity index (χ2n) is 6.50. The molecule has 0 unspecified atom stereocenters. The Balaban J connectivity index is 1.91. The minimum atomic E-state index is -1.45. The summed E-state index contributed by atoms with van der Waals surface area (Å²) >= 11 is 0. The Labute approximate surface area is 150 Å². The van der Waals surface area contributed by atoms with E-state index in [4.69, 9.17) is 0 Å². The average Bonchev–Trinajstić information content (AvgIpc) is 3.03. The number of rotatable bonds is 2. The van der Waals surface area contributed by atoms with Crippen molar-refractivity contribution in [3.63, 3.8) is 0 Å². The monoisotopic (exact) mass is 337 g/mol. The van der Waals surface area contributed by atoms with Crippen molar-refractivity contribution in [2.75, 3.05) is 0 Å². The molecule has 124 valence electrons. The van der Waals surface area contributed by atoms with Crippen LogP contribution in [-0.2, 0) is 0 Å². The van der Waals surface area contributed by atoms with E-state index in [1.807, 2.05) is 18.2 Å². The number of fused-ring (bicyclic) bond motifs is 5. The van der Waals surface area contributed by atoms with Crippen molar-refractivity contribution >= 4 is 45.2 Å². The molecule has 4 heteroatoms. The largest absolute Gasteiger partial charge is 0.488 e. The highest BCUT2D eigenvalue weighted by Gasteiger charge is 2.15. The number of benzene rings is 4. The van der Waals surface area contributed by atoms with Crippen molar-refractivity contribution < 1.29 is 10.0 Å². The van der Waals surface area contributed by atoms with Crippen LogP contribution in [0.5, 0.6) is 0 Å². The zero-order valence-corrected chi connectivity index (χ0v) is 14.0. The molecule has 0 spiro atoms. The summed E-state index contributed by atoms with van der Waals surface area (Å²) in [6, 6.07) is 28.5. The lowest BCUT2D eigenvalue weighted by Gasteiger charge is -2.09. The molecule has 0 bridgehead atoms. The normalized spacial score (nSPS) is 11.5. The first-order chi connectivity index (χ1) is 12.7. The summed E-state index contributed by atoms with van der Waals surface area (Å²) in [5.41, 5.74) is 3.76. The fourth-order valence-corrected chi connectivity index (χ4v) is 3.81. The van der Waals surface area contributed by atoms with Gasteiger partial charge in [-0.1, -0.05) is 60.7 Å². The predicted octanol–water partition coefficient (Wildman–Crippen LogP) is 3.62. The molecule has 1 heterocycles. The molecule has 0 saturated carbocycles. The second-order valence-corrected chi connectivity index (χ2v) is 6.50. The second kappa shape index (κ2) is 5.73. The van der Waals surface area contributed by atoms with E-state index in [9.17, 15) is 10.0 Å². The molecular formula is C22H16BNO2. The molecule has 0 aliphatic carbocycles. The highest BCUT2D eigenvalue weighted by molar-refractivity contribution is 6.58. The molecular weight excluding hydrogens is 321 g/mol. The van der Waals surface area contributed by atoms with Crippen LogP contribution in [0.25, 0.3) is 38.3 Å². The summed E-state index contributed by atoms with van der Waals surface area (Å²) in [5.74, 6) is 0. The lowest BCUT2D eigenvalue weighted by atomic mass is 9.80. The minimum absolute atomic E-state index is 0.486. The van der Waals surface area contributed by atoms with Crippen molar-refractivity contribution in [2.24, 2.45) is 0 Å². The zero-order valence-electron chi connectivity index (χ0n) is 14.0. The fraction of sp³-hybridized carbons (Fsp3) is 0. The molecule has 1 aromatic heterocycles. The van der Waals surface area contributed by atoms with E-state index < -0.39 is 7.12 Å². The maximum atomic E-state index is 9.36. The van der Waals surface area contributed by atoms with E-state index in [1.54, 1.807) is 12.1 Å². The average molecular weight is 337 g/mol. The van der Waals surface area contributed by atoms with Gasteiger partial charge >= 0.3 is 7.12 Å². The third kappa shape index (κ3) is 2.17. The van der Waals surface area contributed by atoms with Crippen molar-refractivity contribution in [1.82, 2.24) is 4.57 Å². The molecule has 5 rings (SSSR count). The van der Waals surface area contributed by atoms with Gasteiger partial charge in [0.2, 0.25) is 0 Å². The molecule has 4 aromatic carbocycles. The Kier molecular flexibility index (Phi) is 3.35. The van der Waals surface area contributed by atoms with E-state index in [1.165, 1.54) is 21.5 Å². The van der Waals surface area contributed by atoms with E-state index in [2.05, 4.69) is 59.2 Å². The van der Waals surface area contributed by atoms with E-state index >= 15 is 0 Å². The smallest absolute Gasteiger partial charge is 0.423 e. The number of aromatic nitrogens is 1. The Hall–Kier alpha value is -3.08. The van der Waals surface area contributed by atoms with Crippen LogP contribution in [0.4, 0.5) is 0 Å². The van der Waals surface area contributed by atoms with Crippen molar-refractivity contribution in [1.29, 1.82) is 0 Å². The fourth-order valence-electron chi connectivity index (χ4n) is 3.81. The van der Waals surface area contributed by atoms with Gasteiger partial charge in [0.05, 0.1) is 11.0 Å². The number of nitrogens with zero attached hydrogens (tertiary/aromatic N) is 1. The van der Waals surface area contributed by atoms with Crippen molar-refractivity contribution in [3.8, 4) is 5.69 Å². The molecule has 0 fully saturated rings. The first-order valence-corrected chi connectivity index (χ1v) is 8.61. The number of para-hydroxylation sites is 1. The lowest BCUT2D eigenvalue weighted by Crippen LogP contribution is -2.29. The highest BCUT2D eigenvalue weighted by atomic mass is 16.4. The van der Waals surface area contributed by atoms with Gasteiger partial charge in [-0.3, -0.25) is 0 Å². The number of hydrogen-bond donors (Lipinski definition) is 2. The van der Waals surface area contributed by atoms with Gasteiger partial charge in [-0.05, 0) is 40.5 Å². The topological polar surface area (TPSA) is 45.4 Å². The summed E-state index contributed by atoms with van der Waals surface area (Å²) < 4.78 is 2.23. The van der Waals surface area contributed by atoms with E-state index in [0.717, 1.165) is 16.7 Å². The molecule has 0 amide bonds. The number of hydrogen-bond acceptors (Lipinski definition) is 2. The quantitative estimate of drug-likeness (QED) is 0.483. The van der Waals surface area contributed by atoms with Crippen LogP contribution in [0.1, 0.15) is 0 Å². The van der Waals surface area contributed by atoms with Crippen molar-refractivity contribution in [2.45, 2.75) is 0 Å². The Bertz CT molecular complexity index is 1260. The predicted molar refractivity (Wildman–Crippen MR) is 108 cm³/mol. The maximum absolute atomic E-state index is 9.36. The van der Waals surface area contributed by atoms with Gasteiger partial charge < -0.3 is 14.6 Å². The first-order valence-electron chi connectivity index (χ1n) is 8.61. The van der Waals surface area contributed by atoms with E-state index in [0.29, 0.717) is 5.46 Å². The zero-order chi connectivity index (χ0) is 17.7. The van der Waals surface area contributed by atoms with Crippen molar-refractivity contribution in [3.05, 3.63) is 84.9 Å². The summed E-state index contributed by atoms with van der Waals surface area (Å²) in [4.78, 5) is 0. The van der Waals surface area contributed by atoms with Crippen LogP contribution in [0.2, 0.25) is 0 Å². The summed E-state index contributed by atoms with van der Waals surface area (Å²) in [7, 11) is -1.45. The molecule has 0 aliphatic rings. The van der Waals surface area contributed by atoms with Crippen LogP contribution < -0.4 is 5.46 Å². The molecule has 26 heavy (non-hydrogen) atoms. The standard InChI is InChI=1S/C22H16BNO2/c25-23(26)16-10-12-17(13-11-16)24-20-8-4-3-7-19(20)22-18-6-2-1-5-15(18)9-14-21(22)24/h1-14,25-26H. The molecule has 0 aliphatic heterocycles. The first kappa shape index (κ1) is 15.2. The lowest BCUT2D eigenvalue weighted by molar-refractivity contribution is 0.426. The third-order valence-electron chi connectivity index (χ3n) is 5.01. The van der Waals surface area contributed by atoms with Gasteiger partial charge in [0, 0.05) is 16.5 Å². The SMILES string of the molecule is OB(O)c1ccc(-n2c3ccccc3c3c4ccccc4ccc32)cc1. The molecule has 0 saturated heterocycles. The molecule has 5 aromatic rings. The van der Waals surface area contributed by atoms with Crippen LogP contribution in [0.15, 0.2) is 84.9 Å². The molecule has 0 atom stereocenters. The van der Waals surface area contributed by atoms with Gasteiger partial charge in [-0.2, -0.15) is 0 Å². The maximum Gasteiger partial charge on any atom is 0.488 e. The molecule has 2 N–H and O–H groups in total. The van der Waals surface area contributed by atoms with Gasteiger partial charge in [0.1, 0.15) is 0 Å². The van der Waals surface area contributed by atoms with Gasteiger partial charge in [-0.15, -0.1) is 0 Å². The highest BCUT2D eigenvalue weighted by Crippen LogP contribution is 2.36. The van der Waals surface area contributed by atoms with Gasteiger partial charge in [0.15, 0.2) is 0 Å². The summed E-state index contributed by atoms with van der Waals surface area (Å²) in [6.07, 6.45) is 0. The Morgan fingerprint density at radius 2 is 1.31 bits per heavy atom. The van der Waals surface area contributed by atoms with Crippen LogP contribution >= 0.6 is 0 Å². The summed E-state index contributed by atoms with van der Waals surface area (Å²) in [6.45, 7) is 0. The molecule has 0 radical (unpaired) electrons. The van der Waals surface area contributed by atoms with Crippen LogP contribution in [0.3, 0.4) is 0 Å². The Morgan fingerprint density at radius 1 is 0.615 bits per heavy atom.